The van der Waals surface area contributed by atoms with E-state index < -0.39 is 21.9 Å². The predicted molar refractivity (Wildman–Crippen MR) is 71.6 cm³/mol. The number of nitrogens with zero attached hydrogens (tertiary/aromatic N) is 1. The molecule has 0 aliphatic heterocycles. The number of hydrogen-bond donors (Lipinski definition) is 3. The summed E-state index contributed by atoms with van der Waals surface area (Å²) in [6, 6.07) is 0.934. The van der Waals surface area contributed by atoms with Crippen molar-refractivity contribution in [2.75, 3.05) is 6.61 Å². The summed E-state index contributed by atoms with van der Waals surface area (Å²) in [5.74, 6) is -0.701. The van der Waals surface area contributed by atoms with Gasteiger partial charge in [0, 0.05) is 18.2 Å². The standard InChI is InChI=1S/C12H17N3O5/c1-3-12(2,4-5-16)14-11(18)9-6-8(15(19)20)7-13-10(9)17/h6-7,16H,3-5H2,1-2H3,(H,13,17)(H,14,18). The van der Waals surface area contributed by atoms with E-state index in [0.29, 0.717) is 12.8 Å². The molecule has 110 valence electrons. The first kappa shape index (κ1) is 15.8. The number of aromatic nitrogens is 1. The SMILES string of the molecule is CCC(C)(CCO)NC(=O)c1cc([N+](=O)[O-])c[nH]c1=O. The molecule has 0 aliphatic rings. The van der Waals surface area contributed by atoms with Crippen molar-refractivity contribution in [1.29, 1.82) is 0 Å². The van der Waals surface area contributed by atoms with E-state index in [9.17, 15) is 19.7 Å². The van der Waals surface area contributed by atoms with Gasteiger partial charge in [-0.15, -0.1) is 0 Å². The molecule has 1 unspecified atom stereocenters. The van der Waals surface area contributed by atoms with Gasteiger partial charge in [-0.25, -0.2) is 0 Å². The molecule has 0 bridgehead atoms. The topological polar surface area (TPSA) is 125 Å². The summed E-state index contributed by atoms with van der Waals surface area (Å²) in [6.45, 7) is 3.44. The van der Waals surface area contributed by atoms with Crippen molar-refractivity contribution in [3.05, 3.63) is 38.3 Å². The smallest absolute Gasteiger partial charge is 0.286 e. The van der Waals surface area contributed by atoms with Crippen LogP contribution in [-0.2, 0) is 0 Å². The van der Waals surface area contributed by atoms with E-state index in [-0.39, 0.29) is 17.9 Å². The summed E-state index contributed by atoms with van der Waals surface area (Å²) in [4.78, 5) is 35.7. The van der Waals surface area contributed by atoms with Crippen LogP contribution in [0.1, 0.15) is 37.0 Å². The highest BCUT2D eigenvalue weighted by Gasteiger charge is 2.26. The van der Waals surface area contributed by atoms with E-state index >= 15 is 0 Å². The fourth-order valence-electron chi connectivity index (χ4n) is 1.66. The maximum absolute atomic E-state index is 12.1. The van der Waals surface area contributed by atoms with Crippen molar-refractivity contribution in [3.63, 3.8) is 0 Å². The van der Waals surface area contributed by atoms with Crippen LogP contribution in [0.5, 0.6) is 0 Å². The second kappa shape index (κ2) is 6.29. The van der Waals surface area contributed by atoms with Crippen LogP contribution in [0.4, 0.5) is 5.69 Å². The Bertz CT molecular complexity index is 568. The molecule has 0 aliphatic carbocycles. The number of pyridine rings is 1. The van der Waals surface area contributed by atoms with Crippen molar-refractivity contribution in [2.45, 2.75) is 32.2 Å². The molecule has 0 spiro atoms. The van der Waals surface area contributed by atoms with Gasteiger partial charge in [-0.1, -0.05) is 6.92 Å². The van der Waals surface area contributed by atoms with Crippen molar-refractivity contribution in [1.82, 2.24) is 10.3 Å². The number of hydrogen-bond acceptors (Lipinski definition) is 5. The van der Waals surface area contributed by atoms with Gasteiger partial charge in [0.1, 0.15) is 5.56 Å². The third-order valence-electron chi connectivity index (χ3n) is 3.20. The highest BCUT2D eigenvalue weighted by molar-refractivity contribution is 5.94. The van der Waals surface area contributed by atoms with Crippen LogP contribution in [0.3, 0.4) is 0 Å². The number of carbonyl (C=O) groups excluding carboxylic acids is 1. The van der Waals surface area contributed by atoms with Crippen LogP contribution in [0.2, 0.25) is 0 Å². The molecule has 3 N–H and O–H groups in total. The fraction of sp³-hybridized carbons (Fsp3) is 0.500. The van der Waals surface area contributed by atoms with Crippen LogP contribution >= 0.6 is 0 Å². The van der Waals surface area contributed by atoms with Crippen LogP contribution in [0, 0.1) is 10.1 Å². The van der Waals surface area contributed by atoms with E-state index in [2.05, 4.69) is 10.3 Å². The molecule has 1 rings (SSSR count). The first-order chi connectivity index (χ1) is 9.33. The Morgan fingerprint density at radius 1 is 1.60 bits per heavy atom. The number of H-pyrrole nitrogens is 1. The maximum atomic E-state index is 12.1. The van der Waals surface area contributed by atoms with Crippen LogP contribution in [-0.4, -0.2) is 33.1 Å². The largest absolute Gasteiger partial charge is 0.396 e. The summed E-state index contributed by atoms with van der Waals surface area (Å²) in [5.41, 5.74) is -2.06. The summed E-state index contributed by atoms with van der Waals surface area (Å²) in [6.07, 6.45) is 1.81. The Morgan fingerprint density at radius 3 is 2.75 bits per heavy atom. The van der Waals surface area contributed by atoms with E-state index in [4.69, 9.17) is 5.11 Å². The third-order valence-corrected chi connectivity index (χ3v) is 3.20. The number of aliphatic hydroxyl groups is 1. The van der Waals surface area contributed by atoms with E-state index in [1.165, 1.54) is 0 Å². The summed E-state index contributed by atoms with van der Waals surface area (Å²) < 4.78 is 0. The lowest BCUT2D eigenvalue weighted by molar-refractivity contribution is -0.385. The maximum Gasteiger partial charge on any atom is 0.286 e. The molecule has 0 saturated heterocycles. The lowest BCUT2D eigenvalue weighted by Gasteiger charge is -2.28. The van der Waals surface area contributed by atoms with Gasteiger partial charge < -0.3 is 15.4 Å². The molecule has 0 radical (unpaired) electrons. The van der Waals surface area contributed by atoms with E-state index in [1.54, 1.807) is 6.92 Å². The minimum Gasteiger partial charge on any atom is -0.396 e. The average molecular weight is 283 g/mol. The zero-order valence-corrected chi connectivity index (χ0v) is 11.3. The summed E-state index contributed by atoms with van der Waals surface area (Å²) in [7, 11) is 0. The monoisotopic (exact) mass is 283 g/mol. The first-order valence-electron chi connectivity index (χ1n) is 6.13. The fourth-order valence-corrected chi connectivity index (χ4v) is 1.66. The Morgan fingerprint density at radius 2 is 2.25 bits per heavy atom. The second-order valence-corrected chi connectivity index (χ2v) is 4.70. The number of aromatic amines is 1. The summed E-state index contributed by atoms with van der Waals surface area (Å²) in [5, 5.41) is 22.3. The van der Waals surface area contributed by atoms with Crippen molar-refractivity contribution in [3.8, 4) is 0 Å². The van der Waals surface area contributed by atoms with E-state index in [1.807, 2.05) is 6.92 Å². The van der Waals surface area contributed by atoms with Gasteiger partial charge in [-0.2, -0.15) is 0 Å². The lowest BCUT2D eigenvalue weighted by atomic mass is 9.94. The minimum absolute atomic E-state index is 0.115. The molecular formula is C12H17N3O5. The lowest BCUT2D eigenvalue weighted by Crippen LogP contribution is -2.47. The van der Waals surface area contributed by atoms with Gasteiger partial charge in [0.2, 0.25) is 0 Å². The molecule has 20 heavy (non-hydrogen) atoms. The molecule has 1 amide bonds. The average Bonchev–Trinajstić information content (AvgIpc) is 2.39. The Kier molecular flexibility index (Phi) is 4.98. The van der Waals surface area contributed by atoms with Crippen LogP contribution < -0.4 is 10.9 Å². The Balaban J connectivity index is 3.06. The number of carbonyl (C=O) groups is 1. The van der Waals surface area contributed by atoms with Crippen molar-refractivity contribution >= 4 is 11.6 Å². The number of nitro groups is 1. The molecule has 8 heteroatoms. The molecule has 0 aromatic carbocycles. The van der Waals surface area contributed by atoms with Gasteiger partial charge >= 0.3 is 0 Å². The van der Waals surface area contributed by atoms with Crippen LogP contribution in [0.25, 0.3) is 0 Å². The van der Waals surface area contributed by atoms with Crippen LogP contribution in [0.15, 0.2) is 17.1 Å². The van der Waals surface area contributed by atoms with E-state index in [0.717, 1.165) is 12.3 Å². The zero-order chi connectivity index (χ0) is 15.3. The van der Waals surface area contributed by atoms with Crippen molar-refractivity contribution < 1.29 is 14.8 Å². The molecule has 0 fully saturated rings. The Hall–Kier alpha value is -2.22. The van der Waals surface area contributed by atoms with Gasteiger partial charge in [-0.3, -0.25) is 19.7 Å². The second-order valence-electron chi connectivity index (χ2n) is 4.70. The third kappa shape index (κ3) is 3.64. The zero-order valence-electron chi connectivity index (χ0n) is 11.3. The normalized spacial score (nSPS) is 13.6. The van der Waals surface area contributed by atoms with Gasteiger partial charge in [0.25, 0.3) is 17.2 Å². The molecule has 1 atom stereocenters. The van der Waals surface area contributed by atoms with Gasteiger partial charge in [0.05, 0.1) is 11.1 Å². The number of aliphatic hydroxyl groups excluding tert-OH is 1. The molecular weight excluding hydrogens is 266 g/mol. The molecule has 1 aromatic rings. The highest BCUT2D eigenvalue weighted by atomic mass is 16.6. The predicted octanol–water partition coefficient (Wildman–Crippen LogP) is 0.564. The number of nitrogens with one attached hydrogen (secondary N) is 2. The summed E-state index contributed by atoms with van der Waals surface area (Å²) >= 11 is 0. The number of rotatable bonds is 6. The number of amides is 1. The molecule has 8 nitrogen and oxygen atoms in total. The van der Waals surface area contributed by atoms with Gasteiger partial charge in [0.15, 0.2) is 0 Å². The Labute approximate surface area is 115 Å². The minimum atomic E-state index is -0.701. The van der Waals surface area contributed by atoms with Gasteiger partial charge in [-0.05, 0) is 19.8 Å². The highest BCUT2D eigenvalue weighted by Crippen LogP contribution is 2.15. The molecule has 1 aromatic heterocycles. The quantitative estimate of drug-likeness (QED) is 0.519. The molecule has 0 saturated carbocycles. The first-order valence-corrected chi connectivity index (χ1v) is 6.13. The molecule has 1 heterocycles. The van der Waals surface area contributed by atoms with Crippen molar-refractivity contribution in [2.24, 2.45) is 0 Å².